The zero-order valence-electron chi connectivity index (χ0n) is 7.77. The quantitative estimate of drug-likeness (QED) is 0.660. The Labute approximate surface area is 85.5 Å². The monoisotopic (exact) mass is 203 g/mol. The number of nitrogens with one attached hydrogen (secondary N) is 1. The number of benzene rings is 1. The van der Waals surface area contributed by atoms with Gasteiger partial charge in [0, 0.05) is 5.39 Å². The summed E-state index contributed by atoms with van der Waals surface area (Å²) in [6.45, 7) is 0. The summed E-state index contributed by atoms with van der Waals surface area (Å²) in [7, 11) is 0. The average molecular weight is 203 g/mol. The second-order valence-electron chi connectivity index (χ2n) is 3.03. The predicted molar refractivity (Wildman–Crippen MR) is 57.8 cm³/mol. The Morgan fingerprint density at radius 3 is 2.87 bits per heavy atom. The van der Waals surface area contributed by atoms with Gasteiger partial charge in [-0.3, -0.25) is 10.3 Å². The Bertz CT molecular complexity index is 525. The van der Waals surface area contributed by atoms with E-state index in [2.05, 4.69) is 10.3 Å². The summed E-state index contributed by atoms with van der Waals surface area (Å²) in [6.07, 6.45) is 0.255. The summed E-state index contributed by atoms with van der Waals surface area (Å²) in [4.78, 5) is 14.6. The Balaban J connectivity index is 2.59. The Hall–Kier alpha value is -2.30. The molecule has 4 N–H and O–H groups in total. The van der Waals surface area contributed by atoms with E-state index in [4.69, 9.17) is 10.8 Å². The maximum Gasteiger partial charge on any atom is 0.409 e. The molecule has 0 aliphatic rings. The number of rotatable bonds is 1. The summed E-state index contributed by atoms with van der Waals surface area (Å²) in [6, 6.07) is 7.28. The number of carbonyl (C=O) groups is 1. The van der Waals surface area contributed by atoms with Crippen molar-refractivity contribution >= 4 is 28.4 Å². The van der Waals surface area contributed by atoms with E-state index in [1.165, 1.54) is 6.20 Å². The number of pyridine rings is 1. The minimum Gasteiger partial charge on any atom is -0.465 e. The number of para-hydroxylation sites is 1. The Morgan fingerprint density at radius 2 is 2.13 bits per heavy atom. The van der Waals surface area contributed by atoms with Crippen LogP contribution in [0.1, 0.15) is 0 Å². The number of nitrogen functional groups attached to an aromatic ring is 1. The van der Waals surface area contributed by atoms with E-state index >= 15 is 0 Å². The van der Waals surface area contributed by atoms with Gasteiger partial charge in [-0.15, -0.1) is 0 Å². The third kappa shape index (κ3) is 1.67. The van der Waals surface area contributed by atoms with Crippen molar-refractivity contribution in [2.24, 2.45) is 0 Å². The zero-order valence-corrected chi connectivity index (χ0v) is 7.77. The molecule has 0 unspecified atom stereocenters. The number of fused-ring (bicyclic) bond motifs is 1. The van der Waals surface area contributed by atoms with E-state index in [0.29, 0.717) is 11.4 Å². The maximum atomic E-state index is 10.5. The average Bonchev–Trinajstić information content (AvgIpc) is 2.22. The molecule has 1 heterocycles. The molecule has 1 aromatic heterocycles. The van der Waals surface area contributed by atoms with Gasteiger partial charge in [-0.2, -0.15) is 0 Å². The van der Waals surface area contributed by atoms with Crippen LogP contribution in [0, 0.1) is 0 Å². The standard InChI is InChI=1S/C10H9N3O2/c11-9-6-3-1-2-4-7(6)12-5-8(9)13-10(14)15/h1-5,13H,(H2,11,12)(H,14,15). The van der Waals surface area contributed by atoms with Gasteiger partial charge in [-0.1, -0.05) is 18.2 Å². The van der Waals surface area contributed by atoms with Crippen LogP contribution >= 0.6 is 0 Å². The normalized spacial score (nSPS) is 10.1. The van der Waals surface area contributed by atoms with E-state index in [9.17, 15) is 4.79 Å². The van der Waals surface area contributed by atoms with Crippen molar-refractivity contribution in [1.29, 1.82) is 0 Å². The molecule has 5 heteroatoms. The number of nitrogens with two attached hydrogens (primary N) is 1. The SMILES string of the molecule is Nc1c(NC(=O)O)cnc2ccccc12. The third-order valence-electron chi connectivity index (χ3n) is 2.06. The van der Waals surface area contributed by atoms with Crippen LogP contribution in [-0.2, 0) is 0 Å². The molecule has 0 saturated heterocycles. The summed E-state index contributed by atoms with van der Waals surface area (Å²) < 4.78 is 0. The lowest BCUT2D eigenvalue weighted by Gasteiger charge is -2.07. The maximum absolute atomic E-state index is 10.5. The molecule has 76 valence electrons. The first-order valence-corrected chi connectivity index (χ1v) is 4.31. The van der Waals surface area contributed by atoms with Gasteiger partial charge >= 0.3 is 6.09 Å². The molecule has 15 heavy (non-hydrogen) atoms. The van der Waals surface area contributed by atoms with Crippen molar-refractivity contribution in [2.45, 2.75) is 0 Å². The van der Waals surface area contributed by atoms with Gasteiger partial charge in [-0.25, -0.2) is 4.79 Å². The number of aromatic nitrogens is 1. The molecule has 0 spiro atoms. The highest BCUT2D eigenvalue weighted by atomic mass is 16.4. The molecule has 2 rings (SSSR count). The van der Waals surface area contributed by atoms with Crippen molar-refractivity contribution in [1.82, 2.24) is 4.98 Å². The summed E-state index contributed by atoms with van der Waals surface area (Å²) in [5.74, 6) is 0. The lowest BCUT2D eigenvalue weighted by atomic mass is 10.2. The van der Waals surface area contributed by atoms with Gasteiger partial charge in [-0.05, 0) is 6.07 Å². The summed E-state index contributed by atoms with van der Waals surface area (Å²) in [5, 5.41) is 11.5. The van der Waals surface area contributed by atoms with Gasteiger partial charge in [0.05, 0.1) is 23.1 Å². The molecule has 0 aliphatic carbocycles. The number of amides is 1. The largest absolute Gasteiger partial charge is 0.465 e. The fourth-order valence-electron chi connectivity index (χ4n) is 1.38. The van der Waals surface area contributed by atoms with E-state index in [1.807, 2.05) is 18.2 Å². The highest BCUT2D eigenvalue weighted by Gasteiger charge is 2.06. The van der Waals surface area contributed by atoms with Gasteiger partial charge in [0.25, 0.3) is 0 Å². The molecule has 5 nitrogen and oxygen atoms in total. The molecule has 0 bridgehead atoms. The van der Waals surface area contributed by atoms with E-state index < -0.39 is 6.09 Å². The van der Waals surface area contributed by atoms with E-state index in [0.717, 1.165) is 10.9 Å². The highest BCUT2D eigenvalue weighted by Crippen LogP contribution is 2.26. The van der Waals surface area contributed by atoms with Crippen LogP contribution in [0.2, 0.25) is 0 Å². The van der Waals surface area contributed by atoms with Crippen LogP contribution in [0.3, 0.4) is 0 Å². The van der Waals surface area contributed by atoms with Gasteiger partial charge in [0.15, 0.2) is 0 Å². The zero-order chi connectivity index (χ0) is 10.8. The van der Waals surface area contributed by atoms with Crippen LogP contribution in [-0.4, -0.2) is 16.2 Å². The van der Waals surface area contributed by atoms with E-state index in [-0.39, 0.29) is 0 Å². The molecule has 0 aliphatic heterocycles. The lowest BCUT2D eigenvalue weighted by molar-refractivity contribution is 0.210. The first kappa shape index (κ1) is 9.26. The molecule has 1 amide bonds. The summed E-state index contributed by atoms with van der Waals surface area (Å²) in [5.41, 5.74) is 7.24. The smallest absolute Gasteiger partial charge is 0.409 e. The Morgan fingerprint density at radius 1 is 1.40 bits per heavy atom. The van der Waals surface area contributed by atoms with Crippen LogP contribution in [0.5, 0.6) is 0 Å². The molecule has 0 fully saturated rings. The van der Waals surface area contributed by atoms with Crippen LogP contribution in [0.25, 0.3) is 10.9 Å². The number of carboxylic acid groups (broad SMARTS) is 1. The predicted octanol–water partition coefficient (Wildman–Crippen LogP) is 1.91. The fourth-order valence-corrected chi connectivity index (χ4v) is 1.38. The van der Waals surface area contributed by atoms with Crippen LogP contribution in [0.4, 0.5) is 16.2 Å². The van der Waals surface area contributed by atoms with Crippen molar-refractivity contribution in [2.75, 3.05) is 11.1 Å². The number of nitrogens with zero attached hydrogens (tertiary/aromatic N) is 1. The second-order valence-corrected chi connectivity index (χ2v) is 3.03. The molecular weight excluding hydrogens is 194 g/mol. The first-order chi connectivity index (χ1) is 7.18. The van der Waals surface area contributed by atoms with Gasteiger partial charge in [0.1, 0.15) is 0 Å². The number of anilines is 2. The fraction of sp³-hybridized carbons (Fsp3) is 0. The second kappa shape index (κ2) is 3.45. The minimum absolute atomic E-state index is 0.307. The van der Waals surface area contributed by atoms with Crippen LogP contribution < -0.4 is 11.1 Å². The molecule has 2 aromatic rings. The van der Waals surface area contributed by atoms with Crippen molar-refractivity contribution in [3.05, 3.63) is 30.5 Å². The molecule has 1 aromatic carbocycles. The Kier molecular flexibility index (Phi) is 2.13. The number of hydrogen-bond acceptors (Lipinski definition) is 3. The molecule has 0 radical (unpaired) electrons. The van der Waals surface area contributed by atoms with Crippen molar-refractivity contribution in [3.8, 4) is 0 Å². The minimum atomic E-state index is -1.15. The topological polar surface area (TPSA) is 88.2 Å². The lowest BCUT2D eigenvalue weighted by Crippen LogP contribution is -2.09. The summed E-state index contributed by atoms with van der Waals surface area (Å²) >= 11 is 0. The van der Waals surface area contributed by atoms with Gasteiger partial charge < -0.3 is 10.8 Å². The van der Waals surface area contributed by atoms with Gasteiger partial charge in [0.2, 0.25) is 0 Å². The van der Waals surface area contributed by atoms with Crippen molar-refractivity contribution < 1.29 is 9.90 Å². The molecular formula is C10H9N3O2. The molecule has 0 saturated carbocycles. The highest BCUT2D eigenvalue weighted by molar-refractivity contribution is 5.99. The van der Waals surface area contributed by atoms with Crippen molar-refractivity contribution in [3.63, 3.8) is 0 Å². The third-order valence-corrected chi connectivity index (χ3v) is 2.06. The molecule has 0 atom stereocenters. The first-order valence-electron chi connectivity index (χ1n) is 4.31. The van der Waals surface area contributed by atoms with E-state index in [1.54, 1.807) is 6.07 Å². The number of hydrogen-bond donors (Lipinski definition) is 3. The van der Waals surface area contributed by atoms with Crippen LogP contribution in [0.15, 0.2) is 30.5 Å².